The molecule has 0 heterocycles. The minimum absolute atomic E-state index is 0.0357. The molecule has 0 aromatic heterocycles. The normalized spacial score (nSPS) is 14.8. The predicted octanol–water partition coefficient (Wildman–Crippen LogP) is 1.65. The number of halogens is 1. The van der Waals surface area contributed by atoms with E-state index in [0.29, 0.717) is 0 Å². The van der Waals surface area contributed by atoms with Gasteiger partial charge in [0.1, 0.15) is 0 Å². The third-order valence-corrected chi connectivity index (χ3v) is 6.40. The van der Waals surface area contributed by atoms with E-state index in [1.165, 1.54) is 4.46 Å². The maximum atomic E-state index is 6.52. The summed E-state index contributed by atoms with van der Waals surface area (Å²) >= 11 is 6.59. The summed E-state index contributed by atoms with van der Waals surface area (Å²) in [5.74, 6) is 0. The van der Waals surface area contributed by atoms with E-state index in [1.807, 2.05) is 18.2 Å². The zero-order valence-corrected chi connectivity index (χ0v) is 14.6. The fourth-order valence-corrected chi connectivity index (χ4v) is 4.95. The van der Waals surface area contributed by atoms with Gasteiger partial charge in [-0.1, -0.05) is 0 Å². The molecule has 4 nitrogen and oxygen atoms in total. The molecule has 1 rings (SSSR count). The molecule has 6 heteroatoms. The quantitative estimate of drug-likeness (QED) is 0.378. The molecule has 0 radical (unpaired) electrons. The van der Waals surface area contributed by atoms with Gasteiger partial charge < -0.3 is 0 Å². The zero-order valence-electron chi connectivity index (χ0n) is 12.1. The van der Waals surface area contributed by atoms with E-state index in [2.05, 4.69) is 12.1 Å². The third-order valence-electron chi connectivity index (χ3n) is 2.79. The predicted molar refractivity (Wildman–Crippen MR) is 80.8 cm³/mol. The van der Waals surface area contributed by atoms with Crippen LogP contribution in [0.2, 0.25) is 4.82 Å². The number of alkyl halides is 1. The molecule has 0 saturated heterocycles. The van der Waals surface area contributed by atoms with E-state index in [4.69, 9.17) is 30.5 Å². The number of methoxy groups -OCH3 is 4. The van der Waals surface area contributed by atoms with Crippen LogP contribution in [-0.4, -0.2) is 61.4 Å². The Morgan fingerprint density at radius 2 is 1.35 bits per heavy atom. The van der Waals surface area contributed by atoms with Crippen LogP contribution in [0.15, 0.2) is 30.3 Å². The van der Waals surface area contributed by atoms with Crippen molar-refractivity contribution < 1.29 is 18.9 Å². The molecule has 2 atom stereocenters. The average molecular weight is 368 g/mol. The van der Waals surface area contributed by atoms with Crippen LogP contribution in [0, 0.1) is 0 Å². The molecule has 1 aromatic rings. The topological polar surface area (TPSA) is 36.9 Å². The molecule has 114 valence electrons. The number of ether oxygens (including phenoxy) is 4. The Bertz CT molecular complexity index is 357. The molecule has 0 saturated carbocycles. The summed E-state index contributed by atoms with van der Waals surface area (Å²) in [7, 11) is 6.37. The first-order valence-electron chi connectivity index (χ1n) is 6.14. The Labute approximate surface area is 131 Å². The van der Waals surface area contributed by atoms with Crippen LogP contribution in [0.1, 0.15) is 0 Å². The number of hydrogen-bond acceptors (Lipinski definition) is 4. The summed E-state index contributed by atoms with van der Waals surface area (Å²) < 4.78 is 22.5. The average Bonchev–Trinajstić information content (AvgIpc) is 2.49. The van der Waals surface area contributed by atoms with Gasteiger partial charge in [0.15, 0.2) is 0 Å². The summed E-state index contributed by atoms with van der Waals surface area (Å²) in [6.45, 7) is 0. The Morgan fingerprint density at radius 1 is 0.850 bits per heavy atom. The van der Waals surface area contributed by atoms with Crippen LogP contribution in [-0.2, 0) is 18.9 Å². The third kappa shape index (κ3) is 5.01. The second-order valence-electron chi connectivity index (χ2n) is 4.02. The maximum absolute atomic E-state index is 6.52. The van der Waals surface area contributed by atoms with Crippen LogP contribution >= 0.6 is 11.6 Å². The van der Waals surface area contributed by atoms with Gasteiger partial charge in [-0.05, 0) is 0 Å². The van der Waals surface area contributed by atoms with Crippen LogP contribution in [0.3, 0.4) is 0 Å². The van der Waals surface area contributed by atoms with Crippen molar-refractivity contribution in [2.45, 2.75) is 22.8 Å². The van der Waals surface area contributed by atoms with Gasteiger partial charge in [0.05, 0.1) is 0 Å². The van der Waals surface area contributed by atoms with Crippen molar-refractivity contribution in [1.29, 1.82) is 0 Å². The summed E-state index contributed by atoms with van der Waals surface area (Å²) in [6, 6.07) is 10.2. The van der Waals surface area contributed by atoms with Crippen molar-refractivity contribution in [3.05, 3.63) is 30.3 Å². The second kappa shape index (κ2) is 9.74. The molecule has 0 aliphatic heterocycles. The van der Waals surface area contributed by atoms with Gasteiger partial charge in [-0.3, -0.25) is 0 Å². The molecule has 0 spiro atoms. The van der Waals surface area contributed by atoms with Crippen molar-refractivity contribution in [2.24, 2.45) is 0 Å². The van der Waals surface area contributed by atoms with Crippen LogP contribution in [0.5, 0.6) is 0 Å². The first kappa shape index (κ1) is 17.9. The molecule has 0 N–H and O–H groups in total. The van der Waals surface area contributed by atoms with Gasteiger partial charge in [-0.25, -0.2) is 0 Å². The van der Waals surface area contributed by atoms with E-state index >= 15 is 0 Å². The fraction of sp³-hybridized carbons (Fsp3) is 0.571. The van der Waals surface area contributed by atoms with Gasteiger partial charge >= 0.3 is 132 Å². The monoisotopic (exact) mass is 368 g/mol. The fourth-order valence-electron chi connectivity index (χ4n) is 1.80. The van der Waals surface area contributed by atoms with Gasteiger partial charge in [0.25, 0.3) is 0 Å². The standard InChI is InChI=1S/C14H21ClO4Se/c1-16-13(17-2)11(15)12(14(18-3)19-4)20-10-8-6-5-7-9-10/h5-9,11-14H,1-4H3/t11-,12+/m1/s1. The van der Waals surface area contributed by atoms with Gasteiger partial charge in [-0.2, -0.15) is 0 Å². The molecular weight excluding hydrogens is 347 g/mol. The van der Waals surface area contributed by atoms with Gasteiger partial charge in [0.2, 0.25) is 0 Å². The summed E-state index contributed by atoms with van der Waals surface area (Å²) in [5, 5.41) is -0.366. The van der Waals surface area contributed by atoms with E-state index in [0.717, 1.165) is 0 Å². The Balaban J connectivity index is 2.89. The SMILES string of the molecule is COC(OC)[C@@H]([Se]c1ccccc1)[C@@H](Cl)C(OC)OC. The summed E-state index contributed by atoms with van der Waals surface area (Å²) in [6.07, 6.45) is -0.898. The van der Waals surface area contributed by atoms with Crippen molar-refractivity contribution in [3.63, 3.8) is 0 Å². The molecule has 1 aromatic carbocycles. The molecule has 0 amide bonds. The van der Waals surface area contributed by atoms with Crippen LogP contribution in [0.25, 0.3) is 0 Å². The minimum atomic E-state index is -0.500. The molecule has 0 fully saturated rings. The summed E-state index contributed by atoms with van der Waals surface area (Å²) in [4.78, 5) is -0.0357. The van der Waals surface area contributed by atoms with E-state index in [-0.39, 0.29) is 25.2 Å². The molecule has 0 aliphatic carbocycles. The van der Waals surface area contributed by atoms with Crippen molar-refractivity contribution in [2.75, 3.05) is 28.4 Å². The molecule has 0 unspecified atom stereocenters. The molecular formula is C14H21ClO4Se. The molecule has 20 heavy (non-hydrogen) atoms. The Kier molecular flexibility index (Phi) is 8.73. The number of hydrogen-bond donors (Lipinski definition) is 0. The summed E-state index contributed by atoms with van der Waals surface area (Å²) in [5.41, 5.74) is 0. The zero-order chi connectivity index (χ0) is 15.0. The first-order valence-corrected chi connectivity index (χ1v) is 8.43. The Hall–Kier alpha value is -0.131. The van der Waals surface area contributed by atoms with Crippen LogP contribution in [0.4, 0.5) is 0 Å². The van der Waals surface area contributed by atoms with Crippen molar-refractivity contribution in [1.82, 2.24) is 0 Å². The van der Waals surface area contributed by atoms with E-state index in [1.54, 1.807) is 28.4 Å². The van der Waals surface area contributed by atoms with Gasteiger partial charge in [0, 0.05) is 0 Å². The van der Waals surface area contributed by atoms with Crippen molar-refractivity contribution >= 4 is 31.0 Å². The molecule has 0 bridgehead atoms. The Morgan fingerprint density at radius 3 is 1.80 bits per heavy atom. The van der Waals surface area contributed by atoms with Crippen molar-refractivity contribution in [3.8, 4) is 0 Å². The van der Waals surface area contributed by atoms with E-state index in [9.17, 15) is 0 Å². The van der Waals surface area contributed by atoms with Gasteiger partial charge in [-0.15, -0.1) is 0 Å². The van der Waals surface area contributed by atoms with Crippen LogP contribution < -0.4 is 4.46 Å². The van der Waals surface area contributed by atoms with E-state index < -0.39 is 12.6 Å². The first-order chi connectivity index (χ1) is 9.67. The molecule has 0 aliphatic rings. The number of benzene rings is 1. The second-order valence-corrected chi connectivity index (χ2v) is 7.15. The number of rotatable bonds is 9.